The first-order valence-corrected chi connectivity index (χ1v) is 11.4. The van der Waals surface area contributed by atoms with Crippen LogP contribution in [0.5, 0.6) is 0 Å². The standard InChI is InChI=1S/C23H19Cl2N7O/c24-16-3-4-30-13-27-20(21(30)5-16)8-26-23(33)15-7-28-32(9-15)11-17-10-31-12-18(14-1-2-14)19(25)6-22(31)29-17/h3-7,9-10,12-14H,1-2,8,11H2,(H,26,33). The third kappa shape index (κ3) is 3.96. The van der Waals surface area contributed by atoms with E-state index >= 15 is 0 Å². The summed E-state index contributed by atoms with van der Waals surface area (Å²) in [7, 11) is 0. The van der Waals surface area contributed by atoms with Crippen LogP contribution in [0.3, 0.4) is 0 Å². The number of rotatable bonds is 6. The van der Waals surface area contributed by atoms with E-state index in [2.05, 4.69) is 26.6 Å². The van der Waals surface area contributed by atoms with Gasteiger partial charge in [-0.15, -0.1) is 0 Å². The van der Waals surface area contributed by atoms with Crippen molar-refractivity contribution in [2.24, 2.45) is 0 Å². The monoisotopic (exact) mass is 479 g/mol. The van der Waals surface area contributed by atoms with Crippen molar-refractivity contribution < 1.29 is 4.79 Å². The number of nitrogens with zero attached hydrogens (tertiary/aromatic N) is 6. The van der Waals surface area contributed by atoms with Gasteiger partial charge in [-0.1, -0.05) is 23.2 Å². The number of nitrogens with one attached hydrogen (secondary N) is 1. The molecule has 8 nitrogen and oxygen atoms in total. The van der Waals surface area contributed by atoms with Gasteiger partial charge in [0.25, 0.3) is 5.91 Å². The molecule has 1 fully saturated rings. The van der Waals surface area contributed by atoms with Gasteiger partial charge in [0.1, 0.15) is 5.65 Å². The molecule has 1 aliphatic rings. The second-order valence-electron chi connectivity index (χ2n) is 8.29. The number of fused-ring (bicyclic) bond motifs is 2. The number of hydrogen-bond acceptors (Lipinski definition) is 4. The molecule has 0 spiro atoms. The molecule has 5 heterocycles. The lowest BCUT2D eigenvalue weighted by Gasteiger charge is -2.02. The van der Waals surface area contributed by atoms with E-state index in [1.54, 1.807) is 29.5 Å². The molecule has 166 valence electrons. The lowest BCUT2D eigenvalue weighted by molar-refractivity contribution is 0.0950. The summed E-state index contributed by atoms with van der Waals surface area (Å²) in [6.07, 6.45) is 13.2. The van der Waals surface area contributed by atoms with Crippen molar-refractivity contribution in [1.29, 1.82) is 0 Å². The predicted molar refractivity (Wildman–Crippen MR) is 125 cm³/mol. The summed E-state index contributed by atoms with van der Waals surface area (Å²) in [5.41, 5.74) is 4.90. The summed E-state index contributed by atoms with van der Waals surface area (Å²) >= 11 is 12.5. The number of halogens is 2. The minimum atomic E-state index is -0.222. The van der Waals surface area contributed by atoms with E-state index in [0.717, 1.165) is 27.6 Å². The Morgan fingerprint density at radius 1 is 1.15 bits per heavy atom. The first kappa shape index (κ1) is 20.3. The first-order valence-electron chi connectivity index (χ1n) is 10.6. The lowest BCUT2D eigenvalue weighted by Crippen LogP contribution is -2.22. The molecular formula is C23H19Cl2N7O. The molecule has 0 aliphatic heterocycles. The lowest BCUT2D eigenvalue weighted by atomic mass is 10.2. The van der Waals surface area contributed by atoms with E-state index in [1.807, 2.05) is 33.3 Å². The van der Waals surface area contributed by atoms with Gasteiger partial charge in [-0.3, -0.25) is 9.48 Å². The highest BCUT2D eigenvalue weighted by molar-refractivity contribution is 6.31. The normalized spacial score (nSPS) is 13.8. The Balaban J connectivity index is 1.14. The van der Waals surface area contributed by atoms with Crippen LogP contribution < -0.4 is 5.32 Å². The summed E-state index contributed by atoms with van der Waals surface area (Å²) in [5, 5.41) is 8.61. The summed E-state index contributed by atoms with van der Waals surface area (Å²) in [6.45, 7) is 0.743. The molecule has 10 heteroatoms. The topological polar surface area (TPSA) is 81.5 Å². The van der Waals surface area contributed by atoms with Crippen LogP contribution in [0, 0.1) is 0 Å². The Morgan fingerprint density at radius 2 is 2.03 bits per heavy atom. The summed E-state index contributed by atoms with van der Waals surface area (Å²) in [4.78, 5) is 21.6. The zero-order valence-corrected chi connectivity index (χ0v) is 19.0. The maximum absolute atomic E-state index is 12.6. The predicted octanol–water partition coefficient (Wildman–Crippen LogP) is 4.34. The highest BCUT2D eigenvalue weighted by Crippen LogP contribution is 2.43. The van der Waals surface area contributed by atoms with Gasteiger partial charge in [0.2, 0.25) is 0 Å². The quantitative estimate of drug-likeness (QED) is 0.392. The van der Waals surface area contributed by atoms with Crippen molar-refractivity contribution in [2.75, 3.05) is 0 Å². The Labute approximate surface area is 198 Å². The van der Waals surface area contributed by atoms with Crippen LogP contribution >= 0.6 is 23.2 Å². The van der Waals surface area contributed by atoms with E-state index in [0.29, 0.717) is 23.0 Å². The third-order valence-corrected chi connectivity index (χ3v) is 6.42. The fourth-order valence-electron chi connectivity index (χ4n) is 4.00. The molecule has 0 atom stereocenters. The fraction of sp³-hybridized carbons (Fsp3) is 0.217. The number of aromatic nitrogens is 6. The molecule has 1 N–H and O–H groups in total. The molecule has 1 amide bonds. The van der Waals surface area contributed by atoms with Crippen molar-refractivity contribution in [3.63, 3.8) is 0 Å². The summed E-state index contributed by atoms with van der Waals surface area (Å²) in [5.74, 6) is 0.345. The molecule has 6 rings (SSSR count). The van der Waals surface area contributed by atoms with Crippen molar-refractivity contribution in [3.8, 4) is 0 Å². The number of carbonyl (C=O) groups excluding carboxylic acids is 1. The molecule has 0 unspecified atom stereocenters. The Kier molecular flexibility index (Phi) is 4.85. The van der Waals surface area contributed by atoms with E-state index in [4.69, 9.17) is 23.2 Å². The van der Waals surface area contributed by atoms with Crippen LogP contribution in [0.25, 0.3) is 11.2 Å². The number of carbonyl (C=O) groups is 1. The smallest absolute Gasteiger partial charge is 0.254 e. The number of imidazole rings is 2. The minimum Gasteiger partial charge on any atom is -0.346 e. The van der Waals surface area contributed by atoms with Crippen LogP contribution in [0.15, 0.2) is 55.5 Å². The maximum Gasteiger partial charge on any atom is 0.254 e. The highest BCUT2D eigenvalue weighted by atomic mass is 35.5. The number of amides is 1. The molecule has 0 bridgehead atoms. The molecule has 0 saturated heterocycles. The van der Waals surface area contributed by atoms with Crippen molar-refractivity contribution in [2.45, 2.75) is 31.8 Å². The fourth-order valence-corrected chi connectivity index (χ4v) is 4.46. The van der Waals surface area contributed by atoms with Gasteiger partial charge in [0.15, 0.2) is 0 Å². The second-order valence-corrected chi connectivity index (χ2v) is 9.13. The SMILES string of the molecule is O=C(NCc1ncn2ccc(Cl)cc12)c1cnn(Cc2cn3cc(C4CC4)c(Cl)cc3n2)c1. The average Bonchev–Trinajstić information content (AvgIpc) is 3.21. The molecule has 1 aliphatic carbocycles. The zero-order valence-electron chi connectivity index (χ0n) is 17.4. The molecule has 33 heavy (non-hydrogen) atoms. The van der Waals surface area contributed by atoms with Crippen LogP contribution in [0.1, 0.15) is 46.1 Å². The van der Waals surface area contributed by atoms with Gasteiger partial charge >= 0.3 is 0 Å². The minimum absolute atomic E-state index is 0.222. The van der Waals surface area contributed by atoms with E-state index in [-0.39, 0.29) is 12.5 Å². The van der Waals surface area contributed by atoms with Gasteiger partial charge in [0.05, 0.1) is 48.1 Å². The van der Waals surface area contributed by atoms with Gasteiger partial charge in [-0.2, -0.15) is 5.10 Å². The zero-order chi connectivity index (χ0) is 22.5. The van der Waals surface area contributed by atoms with Crippen LogP contribution in [0.2, 0.25) is 10.0 Å². The van der Waals surface area contributed by atoms with Crippen LogP contribution in [0.4, 0.5) is 0 Å². The Bertz CT molecular complexity index is 1510. The summed E-state index contributed by atoms with van der Waals surface area (Å²) < 4.78 is 5.57. The maximum atomic E-state index is 12.6. The highest BCUT2D eigenvalue weighted by Gasteiger charge is 2.26. The Hall–Kier alpha value is -3.36. The van der Waals surface area contributed by atoms with E-state index < -0.39 is 0 Å². The van der Waals surface area contributed by atoms with E-state index in [1.165, 1.54) is 18.4 Å². The van der Waals surface area contributed by atoms with Crippen molar-refractivity contribution in [1.82, 2.24) is 33.9 Å². The average molecular weight is 480 g/mol. The van der Waals surface area contributed by atoms with Gasteiger partial charge in [-0.05, 0) is 36.5 Å². The first-order chi connectivity index (χ1) is 16.0. The van der Waals surface area contributed by atoms with Crippen LogP contribution in [-0.2, 0) is 13.1 Å². The van der Waals surface area contributed by atoms with E-state index in [9.17, 15) is 4.79 Å². The third-order valence-electron chi connectivity index (χ3n) is 5.85. The number of hydrogen-bond donors (Lipinski definition) is 1. The molecule has 0 aromatic carbocycles. The van der Waals surface area contributed by atoms with Gasteiger partial charge < -0.3 is 14.1 Å². The molecule has 0 radical (unpaired) electrons. The van der Waals surface area contributed by atoms with Crippen molar-refractivity contribution >= 4 is 40.3 Å². The molecule has 5 aromatic rings. The molecule has 5 aromatic heterocycles. The van der Waals surface area contributed by atoms with Crippen molar-refractivity contribution in [3.05, 3.63) is 88.1 Å². The largest absolute Gasteiger partial charge is 0.346 e. The van der Waals surface area contributed by atoms with Gasteiger partial charge in [0, 0.05) is 40.9 Å². The van der Waals surface area contributed by atoms with Crippen LogP contribution in [-0.4, -0.2) is 34.5 Å². The Morgan fingerprint density at radius 3 is 2.88 bits per heavy atom. The number of pyridine rings is 2. The van der Waals surface area contributed by atoms with Gasteiger partial charge in [-0.25, -0.2) is 9.97 Å². The summed E-state index contributed by atoms with van der Waals surface area (Å²) in [6, 6.07) is 5.52. The molecule has 1 saturated carbocycles. The molecular weight excluding hydrogens is 461 g/mol. The second kappa shape index (κ2) is 7.90.